The van der Waals surface area contributed by atoms with Crippen molar-refractivity contribution in [1.82, 2.24) is 20.2 Å². The average molecular weight is 158 g/mol. The Labute approximate surface area is 63.8 Å². The minimum absolute atomic E-state index is 0.488. The zero-order chi connectivity index (χ0) is 8.10. The third kappa shape index (κ3) is 2.60. The van der Waals surface area contributed by atoms with Crippen LogP contribution < -0.4 is 0 Å². The molecule has 0 aliphatic carbocycles. The Morgan fingerprint density at radius 2 is 2.55 bits per heavy atom. The molecule has 62 valence electrons. The van der Waals surface area contributed by atoms with Crippen LogP contribution in [0.2, 0.25) is 0 Å². The number of rotatable bonds is 4. The summed E-state index contributed by atoms with van der Waals surface area (Å²) >= 11 is 0. The van der Waals surface area contributed by atoms with E-state index in [1.54, 1.807) is 0 Å². The zero-order valence-electron chi connectivity index (χ0n) is 6.21. The Balaban J connectivity index is 2.23. The smallest absolute Gasteiger partial charge is 0.155 e. The fourth-order valence-corrected chi connectivity index (χ4v) is 0.643. The molecular formula is C5H10N4O2. The van der Waals surface area contributed by atoms with Crippen LogP contribution in [0.4, 0.5) is 0 Å². The SMILES string of the molecule is COC(O)CCn1cnnn1. The van der Waals surface area contributed by atoms with E-state index >= 15 is 0 Å². The van der Waals surface area contributed by atoms with Crippen LogP contribution in [0.1, 0.15) is 6.42 Å². The highest BCUT2D eigenvalue weighted by Gasteiger charge is 2.01. The van der Waals surface area contributed by atoms with E-state index in [2.05, 4.69) is 20.3 Å². The zero-order valence-corrected chi connectivity index (χ0v) is 6.21. The summed E-state index contributed by atoms with van der Waals surface area (Å²) in [6, 6.07) is 0. The topological polar surface area (TPSA) is 73.1 Å². The van der Waals surface area contributed by atoms with E-state index < -0.39 is 6.29 Å². The molecule has 6 nitrogen and oxygen atoms in total. The number of aryl methyl sites for hydroxylation is 1. The van der Waals surface area contributed by atoms with Crippen LogP contribution in [0.25, 0.3) is 0 Å². The number of hydrogen-bond acceptors (Lipinski definition) is 5. The lowest BCUT2D eigenvalue weighted by Crippen LogP contribution is -2.13. The largest absolute Gasteiger partial charge is 0.368 e. The van der Waals surface area contributed by atoms with Gasteiger partial charge in [-0.1, -0.05) is 0 Å². The molecule has 0 saturated carbocycles. The van der Waals surface area contributed by atoms with Gasteiger partial charge in [-0.15, -0.1) is 5.10 Å². The number of tetrazole rings is 1. The fraction of sp³-hybridized carbons (Fsp3) is 0.800. The molecule has 1 aromatic heterocycles. The van der Waals surface area contributed by atoms with Crippen molar-refractivity contribution < 1.29 is 9.84 Å². The summed E-state index contributed by atoms with van der Waals surface area (Å²) in [5, 5.41) is 19.4. The van der Waals surface area contributed by atoms with E-state index in [1.165, 1.54) is 18.1 Å². The summed E-state index contributed by atoms with van der Waals surface area (Å²) in [6.07, 6.45) is 1.24. The molecule has 0 spiro atoms. The van der Waals surface area contributed by atoms with Gasteiger partial charge in [-0.2, -0.15) is 0 Å². The molecule has 1 heterocycles. The Kier molecular flexibility index (Phi) is 2.94. The summed E-state index contributed by atoms with van der Waals surface area (Å²) in [5.74, 6) is 0. The second-order valence-electron chi connectivity index (χ2n) is 2.05. The maximum atomic E-state index is 8.95. The van der Waals surface area contributed by atoms with Gasteiger partial charge in [-0.25, -0.2) is 4.68 Å². The lowest BCUT2D eigenvalue weighted by Gasteiger charge is -2.06. The molecule has 0 aliphatic rings. The molecule has 11 heavy (non-hydrogen) atoms. The Hall–Kier alpha value is -1.01. The third-order valence-corrected chi connectivity index (χ3v) is 1.27. The number of aliphatic hydroxyl groups excluding tert-OH is 1. The van der Waals surface area contributed by atoms with Crippen LogP contribution in [0.5, 0.6) is 0 Å². The van der Waals surface area contributed by atoms with Crippen LogP contribution in [-0.2, 0) is 11.3 Å². The van der Waals surface area contributed by atoms with Gasteiger partial charge in [0.2, 0.25) is 0 Å². The standard InChI is InChI=1S/C5H10N4O2/c1-11-5(10)2-3-9-4-6-7-8-9/h4-5,10H,2-3H2,1H3. The highest BCUT2D eigenvalue weighted by atomic mass is 16.6. The van der Waals surface area contributed by atoms with E-state index in [0.717, 1.165) is 0 Å². The second kappa shape index (κ2) is 3.99. The fourth-order valence-electron chi connectivity index (χ4n) is 0.643. The van der Waals surface area contributed by atoms with Crippen LogP contribution in [-0.4, -0.2) is 38.7 Å². The van der Waals surface area contributed by atoms with Gasteiger partial charge in [-0.05, 0) is 10.4 Å². The maximum Gasteiger partial charge on any atom is 0.155 e. The molecular weight excluding hydrogens is 148 g/mol. The molecule has 1 atom stereocenters. The third-order valence-electron chi connectivity index (χ3n) is 1.27. The van der Waals surface area contributed by atoms with Crippen molar-refractivity contribution in [2.75, 3.05) is 7.11 Å². The van der Waals surface area contributed by atoms with E-state index in [1.807, 2.05) is 0 Å². The number of ether oxygens (including phenoxy) is 1. The van der Waals surface area contributed by atoms with Crippen molar-refractivity contribution in [2.24, 2.45) is 0 Å². The summed E-state index contributed by atoms with van der Waals surface area (Å²) in [4.78, 5) is 0. The first-order valence-electron chi connectivity index (χ1n) is 3.24. The molecule has 1 unspecified atom stereocenters. The van der Waals surface area contributed by atoms with Crippen molar-refractivity contribution in [3.8, 4) is 0 Å². The molecule has 6 heteroatoms. The molecule has 0 aromatic carbocycles. The molecule has 0 saturated heterocycles. The number of methoxy groups -OCH3 is 1. The number of nitrogens with zero attached hydrogens (tertiary/aromatic N) is 4. The molecule has 1 N–H and O–H groups in total. The molecule has 0 amide bonds. The summed E-state index contributed by atoms with van der Waals surface area (Å²) < 4.78 is 6.15. The normalized spacial score (nSPS) is 13.3. The van der Waals surface area contributed by atoms with Gasteiger partial charge >= 0.3 is 0 Å². The van der Waals surface area contributed by atoms with E-state index in [-0.39, 0.29) is 0 Å². The van der Waals surface area contributed by atoms with Crippen LogP contribution in [0.3, 0.4) is 0 Å². The molecule has 0 bridgehead atoms. The minimum atomic E-state index is -0.737. The van der Waals surface area contributed by atoms with E-state index in [9.17, 15) is 0 Å². The predicted octanol–water partition coefficient (Wildman–Crippen LogP) is -0.972. The van der Waals surface area contributed by atoms with Crippen molar-refractivity contribution in [1.29, 1.82) is 0 Å². The number of hydrogen-bond donors (Lipinski definition) is 1. The lowest BCUT2D eigenvalue weighted by molar-refractivity contribution is -0.0807. The molecule has 0 radical (unpaired) electrons. The Morgan fingerprint density at radius 1 is 1.73 bits per heavy atom. The van der Waals surface area contributed by atoms with E-state index in [0.29, 0.717) is 13.0 Å². The van der Waals surface area contributed by atoms with Gasteiger partial charge < -0.3 is 9.84 Å². The van der Waals surface area contributed by atoms with Gasteiger partial charge in [0.25, 0.3) is 0 Å². The van der Waals surface area contributed by atoms with Crippen molar-refractivity contribution in [2.45, 2.75) is 19.3 Å². The number of aliphatic hydroxyl groups is 1. The van der Waals surface area contributed by atoms with Crippen LogP contribution in [0.15, 0.2) is 6.33 Å². The molecule has 0 aliphatic heterocycles. The summed E-state index contributed by atoms with van der Waals surface area (Å²) in [5.41, 5.74) is 0. The van der Waals surface area contributed by atoms with Crippen molar-refractivity contribution in [3.05, 3.63) is 6.33 Å². The maximum absolute atomic E-state index is 8.95. The highest BCUT2D eigenvalue weighted by molar-refractivity contribution is 4.48. The first-order valence-corrected chi connectivity index (χ1v) is 3.24. The predicted molar refractivity (Wildman–Crippen MR) is 35.4 cm³/mol. The van der Waals surface area contributed by atoms with Gasteiger partial charge in [-0.3, -0.25) is 0 Å². The van der Waals surface area contributed by atoms with Gasteiger partial charge in [0.05, 0.1) is 0 Å². The van der Waals surface area contributed by atoms with Gasteiger partial charge in [0, 0.05) is 20.1 Å². The molecule has 1 aromatic rings. The number of aromatic nitrogens is 4. The highest BCUT2D eigenvalue weighted by Crippen LogP contribution is 1.93. The van der Waals surface area contributed by atoms with Crippen LogP contribution >= 0.6 is 0 Å². The molecule has 0 fully saturated rings. The average Bonchev–Trinajstić information content (AvgIpc) is 2.52. The quantitative estimate of drug-likeness (QED) is 0.570. The van der Waals surface area contributed by atoms with Crippen molar-refractivity contribution in [3.63, 3.8) is 0 Å². The lowest BCUT2D eigenvalue weighted by atomic mass is 10.4. The molecule has 1 rings (SSSR count). The van der Waals surface area contributed by atoms with E-state index in [4.69, 9.17) is 5.11 Å². The summed E-state index contributed by atoms with van der Waals surface area (Å²) in [7, 11) is 1.45. The van der Waals surface area contributed by atoms with Crippen LogP contribution in [0, 0.1) is 0 Å². The second-order valence-corrected chi connectivity index (χ2v) is 2.05. The Morgan fingerprint density at radius 3 is 3.09 bits per heavy atom. The first-order chi connectivity index (χ1) is 5.33. The monoisotopic (exact) mass is 158 g/mol. The van der Waals surface area contributed by atoms with Gasteiger partial charge in [0.15, 0.2) is 6.29 Å². The Bertz CT molecular complexity index is 188. The minimum Gasteiger partial charge on any atom is -0.368 e. The summed E-state index contributed by atoms with van der Waals surface area (Å²) in [6.45, 7) is 0.558. The van der Waals surface area contributed by atoms with Crippen molar-refractivity contribution >= 4 is 0 Å². The first kappa shape index (κ1) is 8.09. The van der Waals surface area contributed by atoms with Gasteiger partial charge in [0.1, 0.15) is 6.33 Å².